The third-order valence-corrected chi connectivity index (χ3v) is 5.33. The van der Waals surface area contributed by atoms with Gasteiger partial charge in [-0.25, -0.2) is 4.39 Å². The number of benzene rings is 2. The number of hydrogen-bond donors (Lipinski definition) is 2. The summed E-state index contributed by atoms with van der Waals surface area (Å²) < 4.78 is 13.9. The Morgan fingerprint density at radius 1 is 1.04 bits per heavy atom. The lowest BCUT2D eigenvalue weighted by Crippen LogP contribution is -2.39. The summed E-state index contributed by atoms with van der Waals surface area (Å²) in [7, 11) is 0. The zero-order valence-electron chi connectivity index (χ0n) is 15.5. The Kier molecular flexibility index (Phi) is 7.17. The monoisotopic (exact) mass is 447 g/mol. The molecule has 2 amide bonds. The van der Waals surface area contributed by atoms with Crippen molar-refractivity contribution < 1.29 is 14.0 Å². The molecule has 0 atom stereocenters. The smallest absolute Gasteiger partial charge is 0.227 e. The molecule has 0 aliphatic carbocycles. The Balaban J connectivity index is 1.38. The first-order chi connectivity index (χ1) is 13.5. The number of halogens is 2. The summed E-state index contributed by atoms with van der Waals surface area (Å²) in [5, 5.41) is 5.74. The summed E-state index contributed by atoms with van der Waals surface area (Å²) in [6, 6.07) is 13.3. The molecular formula is C21H23BrFN3O2. The number of nitrogens with zero attached hydrogens (tertiary/aromatic N) is 1. The summed E-state index contributed by atoms with van der Waals surface area (Å²) >= 11 is 3.39. The minimum Gasteiger partial charge on any atom is -0.326 e. The maximum absolute atomic E-state index is 12.9. The highest BCUT2D eigenvalue weighted by atomic mass is 79.9. The van der Waals surface area contributed by atoms with E-state index in [2.05, 4.69) is 31.5 Å². The van der Waals surface area contributed by atoms with E-state index in [0.717, 1.165) is 36.1 Å². The Morgan fingerprint density at radius 3 is 2.43 bits per heavy atom. The van der Waals surface area contributed by atoms with Crippen LogP contribution >= 0.6 is 15.9 Å². The molecule has 3 rings (SSSR count). The van der Waals surface area contributed by atoms with Gasteiger partial charge in [-0.05, 0) is 68.4 Å². The second-order valence-electron chi connectivity index (χ2n) is 6.92. The van der Waals surface area contributed by atoms with Crippen molar-refractivity contribution in [3.8, 4) is 0 Å². The Labute approximate surface area is 172 Å². The SMILES string of the molecule is O=C(CCN1CCC(C(=O)Nc2ccc(F)cc2)CC1)Nc1cccc(Br)c1. The van der Waals surface area contributed by atoms with Crippen molar-refractivity contribution in [1.29, 1.82) is 0 Å². The highest BCUT2D eigenvalue weighted by Gasteiger charge is 2.25. The summed E-state index contributed by atoms with van der Waals surface area (Å²) in [6.07, 6.45) is 1.92. The van der Waals surface area contributed by atoms with Gasteiger partial charge in [0.25, 0.3) is 0 Å². The maximum Gasteiger partial charge on any atom is 0.227 e. The van der Waals surface area contributed by atoms with Crippen molar-refractivity contribution in [3.05, 3.63) is 58.8 Å². The third kappa shape index (κ3) is 6.14. The summed E-state index contributed by atoms with van der Waals surface area (Å²) in [5.41, 5.74) is 1.38. The van der Waals surface area contributed by atoms with Crippen molar-refractivity contribution >= 4 is 39.1 Å². The number of hydrogen-bond acceptors (Lipinski definition) is 3. The average molecular weight is 448 g/mol. The van der Waals surface area contributed by atoms with Crippen LogP contribution < -0.4 is 10.6 Å². The van der Waals surface area contributed by atoms with Crippen molar-refractivity contribution in [3.63, 3.8) is 0 Å². The molecule has 2 N–H and O–H groups in total. The molecule has 148 valence electrons. The predicted octanol–water partition coefficient (Wildman–Crippen LogP) is 4.27. The van der Waals surface area contributed by atoms with Crippen LogP contribution in [-0.2, 0) is 9.59 Å². The van der Waals surface area contributed by atoms with Gasteiger partial charge in [-0.15, -0.1) is 0 Å². The van der Waals surface area contributed by atoms with Crippen molar-refractivity contribution in [2.24, 2.45) is 5.92 Å². The summed E-state index contributed by atoms with van der Waals surface area (Å²) in [6.45, 7) is 2.24. The number of likely N-dealkylation sites (tertiary alicyclic amines) is 1. The molecule has 5 nitrogen and oxygen atoms in total. The van der Waals surface area contributed by atoms with Crippen molar-refractivity contribution in [1.82, 2.24) is 4.90 Å². The Bertz CT molecular complexity index is 821. The number of piperidine rings is 1. The summed E-state index contributed by atoms with van der Waals surface area (Å²) in [5.74, 6) is -0.431. The zero-order valence-corrected chi connectivity index (χ0v) is 17.0. The fourth-order valence-electron chi connectivity index (χ4n) is 3.25. The molecule has 0 aromatic heterocycles. The van der Waals surface area contributed by atoms with Crippen LogP contribution in [0.3, 0.4) is 0 Å². The lowest BCUT2D eigenvalue weighted by molar-refractivity contribution is -0.121. The zero-order chi connectivity index (χ0) is 19.9. The maximum atomic E-state index is 12.9. The molecule has 1 aliphatic rings. The van der Waals surface area contributed by atoms with E-state index in [9.17, 15) is 14.0 Å². The van der Waals surface area contributed by atoms with Crippen molar-refractivity contribution in [2.45, 2.75) is 19.3 Å². The molecule has 2 aromatic rings. The molecule has 1 saturated heterocycles. The first-order valence-electron chi connectivity index (χ1n) is 9.34. The molecular weight excluding hydrogens is 425 g/mol. The number of amides is 2. The number of carbonyl (C=O) groups excluding carboxylic acids is 2. The van der Waals surface area contributed by atoms with E-state index in [4.69, 9.17) is 0 Å². The minimum absolute atomic E-state index is 0.0192. The Hall–Kier alpha value is -2.25. The van der Waals surface area contributed by atoms with Crippen LogP contribution in [0.5, 0.6) is 0 Å². The topological polar surface area (TPSA) is 61.4 Å². The molecule has 0 bridgehead atoms. The fraction of sp³-hybridized carbons (Fsp3) is 0.333. The predicted molar refractivity (Wildman–Crippen MR) is 112 cm³/mol. The van der Waals surface area contributed by atoms with Crippen LogP contribution in [0.1, 0.15) is 19.3 Å². The van der Waals surface area contributed by atoms with Crippen LogP contribution in [0.2, 0.25) is 0 Å². The lowest BCUT2D eigenvalue weighted by Gasteiger charge is -2.31. The van der Waals surface area contributed by atoms with Gasteiger partial charge in [-0.1, -0.05) is 22.0 Å². The standard InChI is InChI=1S/C21H23BrFN3O2/c22-16-2-1-3-19(14-16)24-20(27)10-13-26-11-8-15(9-12-26)21(28)25-18-6-4-17(23)5-7-18/h1-7,14-15H,8-13H2,(H,24,27)(H,25,28). The van der Waals surface area contributed by atoms with E-state index in [1.807, 2.05) is 24.3 Å². The molecule has 1 aliphatic heterocycles. The molecule has 0 radical (unpaired) electrons. The van der Waals surface area contributed by atoms with Gasteiger partial charge < -0.3 is 15.5 Å². The highest BCUT2D eigenvalue weighted by molar-refractivity contribution is 9.10. The first kappa shape index (κ1) is 20.5. The van der Waals surface area contributed by atoms with Gasteiger partial charge >= 0.3 is 0 Å². The van der Waals surface area contributed by atoms with E-state index >= 15 is 0 Å². The molecule has 1 heterocycles. The van der Waals surface area contributed by atoms with E-state index in [0.29, 0.717) is 18.7 Å². The number of anilines is 2. The molecule has 0 saturated carbocycles. The van der Waals surface area contributed by atoms with Gasteiger partial charge in [-0.3, -0.25) is 9.59 Å². The van der Waals surface area contributed by atoms with Gasteiger partial charge in [0.1, 0.15) is 5.82 Å². The quantitative estimate of drug-likeness (QED) is 0.694. The first-order valence-corrected chi connectivity index (χ1v) is 10.1. The molecule has 0 unspecified atom stereocenters. The van der Waals surface area contributed by atoms with Crippen LogP contribution in [0, 0.1) is 11.7 Å². The third-order valence-electron chi connectivity index (χ3n) is 4.83. The van der Waals surface area contributed by atoms with Crippen molar-refractivity contribution in [2.75, 3.05) is 30.3 Å². The largest absolute Gasteiger partial charge is 0.326 e. The van der Waals surface area contributed by atoms with Crippen LogP contribution in [0.4, 0.5) is 15.8 Å². The van der Waals surface area contributed by atoms with E-state index in [1.165, 1.54) is 12.1 Å². The average Bonchev–Trinajstić information content (AvgIpc) is 2.68. The van der Waals surface area contributed by atoms with Crippen LogP contribution in [0.15, 0.2) is 53.0 Å². The molecule has 1 fully saturated rings. The lowest BCUT2D eigenvalue weighted by atomic mass is 9.95. The fourth-order valence-corrected chi connectivity index (χ4v) is 3.64. The van der Waals surface area contributed by atoms with Gasteiger partial charge in [-0.2, -0.15) is 0 Å². The van der Waals surface area contributed by atoms with E-state index < -0.39 is 0 Å². The normalized spacial score (nSPS) is 15.2. The summed E-state index contributed by atoms with van der Waals surface area (Å²) in [4.78, 5) is 26.7. The second kappa shape index (κ2) is 9.80. The van der Waals surface area contributed by atoms with E-state index in [-0.39, 0.29) is 23.5 Å². The molecule has 7 heteroatoms. The van der Waals surface area contributed by atoms with Crippen LogP contribution in [0.25, 0.3) is 0 Å². The van der Waals surface area contributed by atoms with Gasteiger partial charge in [0.2, 0.25) is 11.8 Å². The second-order valence-corrected chi connectivity index (χ2v) is 7.84. The number of rotatable bonds is 6. The van der Waals surface area contributed by atoms with Gasteiger partial charge in [0.15, 0.2) is 0 Å². The van der Waals surface area contributed by atoms with E-state index in [1.54, 1.807) is 12.1 Å². The molecule has 0 spiro atoms. The van der Waals surface area contributed by atoms with Gasteiger partial charge in [0, 0.05) is 34.7 Å². The van der Waals surface area contributed by atoms with Gasteiger partial charge in [0.05, 0.1) is 0 Å². The minimum atomic E-state index is -0.324. The number of carbonyl (C=O) groups is 2. The Morgan fingerprint density at radius 2 is 1.75 bits per heavy atom. The highest BCUT2D eigenvalue weighted by Crippen LogP contribution is 2.20. The molecule has 28 heavy (non-hydrogen) atoms. The number of nitrogens with one attached hydrogen (secondary N) is 2. The molecule has 2 aromatic carbocycles. The van der Waals surface area contributed by atoms with Crippen LogP contribution in [-0.4, -0.2) is 36.3 Å².